The van der Waals surface area contributed by atoms with Crippen LogP contribution >= 0.6 is 11.6 Å². The van der Waals surface area contributed by atoms with E-state index in [0.29, 0.717) is 5.02 Å². The number of hydrogen-bond donors (Lipinski definition) is 1. The second-order valence-corrected chi connectivity index (χ2v) is 7.64. The minimum atomic E-state index is 0.0581. The number of aliphatic imine (C=N–C) groups is 2. The van der Waals surface area contributed by atoms with E-state index in [1.807, 2.05) is 18.2 Å². The standard InChI is InChI=1S/C18H22ClN5/c1-12-6-8-24-15-10-13(19)4-5-14(15)22-16(17(24)21-12)23-9-7-20-18(2,3)11-23/h4-6,8,10,12,20H,7,9,11H2,1-3H3. The topological polar surface area (TPSA) is 43.2 Å². The van der Waals surface area contributed by atoms with E-state index >= 15 is 0 Å². The van der Waals surface area contributed by atoms with Gasteiger partial charge in [-0.15, -0.1) is 0 Å². The van der Waals surface area contributed by atoms with Crippen LogP contribution < -0.4 is 10.2 Å². The Bertz CT molecular complexity index is 765. The number of rotatable bonds is 0. The molecule has 0 saturated carbocycles. The first-order chi connectivity index (χ1) is 11.4. The molecule has 5 nitrogen and oxygen atoms in total. The Kier molecular flexibility index (Phi) is 3.66. The summed E-state index contributed by atoms with van der Waals surface area (Å²) in [5.74, 6) is 1.87. The van der Waals surface area contributed by atoms with Gasteiger partial charge < -0.3 is 10.2 Å². The highest BCUT2D eigenvalue weighted by Crippen LogP contribution is 2.37. The van der Waals surface area contributed by atoms with Crippen LogP contribution in [0.2, 0.25) is 5.02 Å². The van der Waals surface area contributed by atoms with Gasteiger partial charge in [-0.25, -0.2) is 4.99 Å². The van der Waals surface area contributed by atoms with Gasteiger partial charge in [0.25, 0.3) is 0 Å². The second-order valence-electron chi connectivity index (χ2n) is 7.21. The summed E-state index contributed by atoms with van der Waals surface area (Å²) in [4.78, 5) is 14.3. The monoisotopic (exact) mass is 343 g/mol. The van der Waals surface area contributed by atoms with Gasteiger partial charge in [0.05, 0.1) is 17.4 Å². The zero-order chi connectivity index (χ0) is 16.9. The molecule has 126 valence electrons. The lowest BCUT2D eigenvalue weighted by atomic mass is 10.0. The van der Waals surface area contributed by atoms with Gasteiger partial charge in [0.2, 0.25) is 0 Å². The van der Waals surface area contributed by atoms with Gasteiger partial charge in [0.15, 0.2) is 11.7 Å². The number of piperazine rings is 1. The number of halogens is 1. The molecule has 1 N–H and O–H groups in total. The Labute approximate surface area is 147 Å². The van der Waals surface area contributed by atoms with Crippen LogP contribution in [-0.2, 0) is 0 Å². The van der Waals surface area contributed by atoms with Gasteiger partial charge in [0, 0.05) is 36.4 Å². The molecule has 3 aliphatic heterocycles. The third kappa shape index (κ3) is 2.72. The average molecular weight is 344 g/mol. The van der Waals surface area contributed by atoms with Crippen molar-refractivity contribution in [3.63, 3.8) is 0 Å². The average Bonchev–Trinajstić information content (AvgIpc) is 2.53. The summed E-state index contributed by atoms with van der Waals surface area (Å²) in [5.41, 5.74) is 1.98. The summed E-state index contributed by atoms with van der Waals surface area (Å²) in [5, 5.41) is 4.26. The fourth-order valence-electron chi connectivity index (χ4n) is 3.42. The zero-order valence-electron chi connectivity index (χ0n) is 14.3. The molecule has 0 amide bonds. The minimum absolute atomic E-state index is 0.0581. The lowest BCUT2D eigenvalue weighted by Crippen LogP contribution is -2.61. The van der Waals surface area contributed by atoms with Crippen molar-refractivity contribution in [3.05, 3.63) is 35.5 Å². The molecule has 1 aromatic carbocycles. The van der Waals surface area contributed by atoms with E-state index in [2.05, 4.69) is 48.2 Å². The summed E-state index contributed by atoms with van der Waals surface area (Å²) >= 11 is 6.20. The van der Waals surface area contributed by atoms with Crippen LogP contribution in [0.4, 0.5) is 11.4 Å². The Hall–Kier alpha value is -1.85. The van der Waals surface area contributed by atoms with Crippen molar-refractivity contribution < 1.29 is 0 Å². The first kappa shape index (κ1) is 15.7. The molecule has 0 bridgehead atoms. The van der Waals surface area contributed by atoms with Crippen molar-refractivity contribution in [3.8, 4) is 0 Å². The lowest BCUT2D eigenvalue weighted by molar-refractivity contribution is 0.227. The number of anilines is 1. The number of nitrogens with zero attached hydrogens (tertiary/aromatic N) is 4. The first-order valence-corrected chi connectivity index (χ1v) is 8.75. The molecule has 0 aromatic heterocycles. The molecule has 0 aliphatic carbocycles. The van der Waals surface area contributed by atoms with Gasteiger partial charge >= 0.3 is 0 Å². The number of hydrogen-bond acceptors (Lipinski definition) is 5. The van der Waals surface area contributed by atoms with Crippen LogP contribution in [-0.4, -0.2) is 47.8 Å². The molecule has 3 heterocycles. The summed E-state index contributed by atoms with van der Waals surface area (Å²) in [6, 6.07) is 5.97. The van der Waals surface area contributed by atoms with E-state index in [4.69, 9.17) is 21.6 Å². The number of nitrogens with one attached hydrogen (secondary N) is 1. The first-order valence-electron chi connectivity index (χ1n) is 8.37. The Morgan fingerprint density at radius 1 is 1.29 bits per heavy atom. The Balaban J connectivity index is 1.81. The van der Waals surface area contributed by atoms with E-state index < -0.39 is 0 Å². The van der Waals surface area contributed by atoms with Gasteiger partial charge in [0.1, 0.15) is 0 Å². The highest BCUT2D eigenvalue weighted by atomic mass is 35.5. The molecular weight excluding hydrogens is 322 g/mol. The molecule has 1 aromatic rings. The second kappa shape index (κ2) is 5.60. The summed E-state index contributed by atoms with van der Waals surface area (Å²) in [6.45, 7) is 9.31. The Morgan fingerprint density at radius 3 is 2.92 bits per heavy atom. The van der Waals surface area contributed by atoms with Gasteiger partial charge in [-0.2, -0.15) is 0 Å². The molecule has 1 atom stereocenters. The predicted octanol–water partition coefficient (Wildman–Crippen LogP) is 3.19. The maximum absolute atomic E-state index is 6.20. The fourth-order valence-corrected chi connectivity index (χ4v) is 3.59. The number of fused-ring (bicyclic) bond motifs is 3. The number of benzene rings is 1. The van der Waals surface area contributed by atoms with Gasteiger partial charge in [-0.1, -0.05) is 11.6 Å². The molecule has 0 spiro atoms. The lowest BCUT2D eigenvalue weighted by Gasteiger charge is -2.43. The smallest absolute Gasteiger partial charge is 0.176 e. The van der Waals surface area contributed by atoms with E-state index in [-0.39, 0.29) is 11.6 Å². The van der Waals surface area contributed by atoms with E-state index in [9.17, 15) is 0 Å². The summed E-state index contributed by atoms with van der Waals surface area (Å²) in [7, 11) is 0. The summed E-state index contributed by atoms with van der Waals surface area (Å²) in [6.07, 6.45) is 4.18. The highest BCUT2D eigenvalue weighted by molar-refractivity contribution is 6.48. The molecule has 3 aliphatic rings. The molecular formula is C18H22ClN5. The van der Waals surface area contributed by atoms with Crippen LogP contribution in [0.1, 0.15) is 20.8 Å². The quantitative estimate of drug-likeness (QED) is 0.786. The van der Waals surface area contributed by atoms with Crippen molar-refractivity contribution in [2.45, 2.75) is 32.4 Å². The molecule has 1 fully saturated rings. The van der Waals surface area contributed by atoms with Crippen molar-refractivity contribution in [2.24, 2.45) is 9.98 Å². The molecule has 4 rings (SSSR count). The van der Waals surface area contributed by atoms with Crippen molar-refractivity contribution in [2.75, 3.05) is 24.5 Å². The van der Waals surface area contributed by atoms with Gasteiger partial charge in [-0.05, 0) is 45.0 Å². The Morgan fingerprint density at radius 2 is 2.12 bits per heavy atom. The minimum Gasteiger partial charge on any atom is -0.350 e. The van der Waals surface area contributed by atoms with Crippen LogP contribution in [0.15, 0.2) is 40.5 Å². The van der Waals surface area contributed by atoms with Crippen LogP contribution in [0, 0.1) is 0 Å². The number of amidine groups is 2. The van der Waals surface area contributed by atoms with Gasteiger partial charge in [-0.3, -0.25) is 9.89 Å². The third-order valence-corrected chi connectivity index (χ3v) is 4.80. The van der Waals surface area contributed by atoms with E-state index in [1.54, 1.807) is 0 Å². The molecule has 1 unspecified atom stereocenters. The van der Waals surface area contributed by atoms with E-state index in [1.165, 1.54) is 0 Å². The SMILES string of the molecule is CC1C=CN2C(=N1)C(N1CCNC(C)(C)C1)=Nc1ccc(Cl)cc12. The maximum atomic E-state index is 6.20. The molecule has 0 radical (unpaired) electrons. The normalized spacial score (nSPS) is 24.9. The van der Waals surface area contributed by atoms with Crippen LogP contribution in [0.25, 0.3) is 0 Å². The van der Waals surface area contributed by atoms with E-state index in [0.717, 1.165) is 42.7 Å². The van der Waals surface area contributed by atoms with Crippen LogP contribution in [0.3, 0.4) is 0 Å². The molecule has 24 heavy (non-hydrogen) atoms. The van der Waals surface area contributed by atoms with Crippen molar-refractivity contribution >= 4 is 34.6 Å². The van der Waals surface area contributed by atoms with Crippen molar-refractivity contribution in [1.82, 2.24) is 10.2 Å². The largest absolute Gasteiger partial charge is 0.350 e. The third-order valence-electron chi connectivity index (χ3n) is 4.56. The zero-order valence-corrected chi connectivity index (χ0v) is 15.0. The predicted molar refractivity (Wildman–Crippen MR) is 101 cm³/mol. The highest BCUT2D eigenvalue weighted by Gasteiger charge is 2.35. The van der Waals surface area contributed by atoms with Crippen molar-refractivity contribution in [1.29, 1.82) is 0 Å². The maximum Gasteiger partial charge on any atom is 0.176 e. The molecule has 1 saturated heterocycles. The fraction of sp³-hybridized carbons (Fsp3) is 0.444. The summed E-state index contributed by atoms with van der Waals surface area (Å²) < 4.78 is 0. The molecule has 6 heteroatoms. The van der Waals surface area contributed by atoms with Crippen LogP contribution in [0.5, 0.6) is 0 Å².